The summed E-state index contributed by atoms with van der Waals surface area (Å²) in [5.74, 6) is -0.00275. The summed E-state index contributed by atoms with van der Waals surface area (Å²) in [6.07, 6.45) is 2.55. The molecule has 1 amide bonds. The predicted octanol–water partition coefficient (Wildman–Crippen LogP) is 2.60. The van der Waals surface area contributed by atoms with Gasteiger partial charge in [-0.15, -0.1) is 0 Å². The normalized spacial score (nSPS) is 16.2. The minimum Gasteiger partial charge on any atom is -0.346 e. The minimum absolute atomic E-state index is 0.00275. The number of halogens is 1. The monoisotopic (exact) mass is 373 g/mol. The zero-order valence-electron chi connectivity index (χ0n) is 13.1. The van der Waals surface area contributed by atoms with Crippen LogP contribution in [0.15, 0.2) is 59.1 Å². The Morgan fingerprint density at radius 2 is 1.70 bits per heavy atom. The molecule has 2 aromatic carbocycles. The van der Waals surface area contributed by atoms with Crippen LogP contribution in [0.4, 0.5) is 0 Å². The molecule has 0 radical (unpaired) electrons. The zero-order valence-corrected chi connectivity index (χ0v) is 14.7. The van der Waals surface area contributed by atoms with E-state index in [1.165, 1.54) is 31.5 Å². The molecule has 0 bridgehead atoms. The third-order valence-corrected chi connectivity index (χ3v) is 5.04. The van der Waals surface area contributed by atoms with Gasteiger partial charge in [0.05, 0.1) is 19.6 Å². The fourth-order valence-electron chi connectivity index (χ4n) is 3.26. The molecule has 1 fully saturated rings. The highest BCUT2D eigenvalue weighted by molar-refractivity contribution is 9.10. The van der Waals surface area contributed by atoms with Crippen molar-refractivity contribution >= 4 is 21.8 Å². The van der Waals surface area contributed by atoms with Gasteiger partial charge >= 0.3 is 0 Å². The zero-order chi connectivity index (χ0) is 16.1. The van der Waals surface area contributed by atoms with Crippen LogP contribution in [-0.2, 0) is 0 Å². The van der Waals surface area contributed by atoms with Gasteiger partial charge in [-0.2, -0.15) is 0 Å². The van der Waals surface area contributed by atoms with Crippen LogP contribution in [0, 0.1) is 0 Å². The van der Waals surface area contributed by atoms with Gasteiger partial charge in [-0.3, -0.25) is 4.79 Å². The van der Waals surface area contributed by atoms with Crippen molar-refractivity contribution in [3.8, 4) is 0 Å². The lowest BCUT2D eigenvalue weighted by atomic mass is 10.1. The number of benzene rings is 2. The van der Waals surface area contributed by atoms with Gasteiger partial charge in [0.1, 0.15) is 6.04 Å². The van der Waals surface area contributed by atoms with Gasteiger partial charge in [0.25, 0.3) is 5.91 Å². The van der Waals surface area contributed by atoms with E-state index in [0.29, 0.717) is 18.2 Å². The van der Waals surface area contributed by atoms with Crippen LogP contribution < -0.4 is 10.2 Å². The second-order valence-electron chi connectivity index (χ2n) is 6.05. The van der Waals surface area contributed by atoms with Crippen LogP contribution in [0.25, 0.3) is 0 Å². The van der Waals surface area contributed by atoms with E-state index in [9.17, 15) is 4.79 Å². The molecule has 1 atom stereocenters. The number of hydrogen-bond acceptors (Lipinski definition) is 1. The molecule has 1 aliphatic rings. The fraction of sp³-hybridized carbons (Fsp3) is 0.316. The number of amides is 1. The SMILES string of the molecule is O=C(NC[C@H](c1ccccc1)[NH+]1CCCC1)c1ccc(Br)cc1. The van der Waals surface area contributed by atoms with E-state index >= 15 is 0 Å². The first-order chi connectivity index (χ1) is 11.2. The first-order valence-electron chi connectivity index (χ1n) is 8.17. The van der Waals surface area contributed by atoms with Crippen molar-refractivity contribution in [2.45, 2.75) is 18.9 Å². The molecule has 1 heterocycles. The van der Waals surface area contributed by atoms with Crippen LogP contribution in [0.2, 0.25) is 0 Å². The Morgan fingerprint density at radius 1 is 1.04 bits per heavy atom. The molecule has 1 aliphatic heterocycles. The topological polar surface area (TPSA) is 33.5 Å². The second kappa shape index (κ2) is 7.75. The van der Waals surface area contributed by atoms with Gasteiger partial charge in [-0.25, -0.2) is 0 Å². The molecule has 0 spiro atoms. The van der Waals surface area contributed by atoms with Crippen LogP contribution >= 0.6 is 15.9 Å². The lowest BCUT2D eigenvalue weighted by molar-refractivity contribution is -0.918. The van der Waals surface area contributed by atoms with Gasteiger partial charge in [-0.1, -0.05) is 46.3 Å². The molecule has 2 aromatic rings. The van der Waals surface area contributed by atoms with E-state index in [1.807, 2.05) is 30.3 Å². The average molecular weight is 374 g/mol. The molecule has 0 unspecified atom stereocenters. The third kappa shape index (κ3) is 4.21. The molecule has 0 aromatic heterocycles. The number of hydrogen-bond donors (Lipinski definition) is 2. The molecule has 1 saturated heterocycles. The number of rotatable bonds is 5. The largest absolute Gasteiger partial charge is 0.346 e. The Labute approximate surface area is 145 Å². The van der Waals surface area contributed by atoms with E-state index in [4.69, 9.17) is 0 Å². The van der Waals surface area contributed by atoms with Gasteiger partial charge in [0, 0.05) is 28.4 Å². The van der Waals surface area contributed by atoms with Crippen molar-refractivity contribution < 1.29 is 9.69 Å². The first kappa shape index (κ1) is 16.2. The molecule has 0 aliphatic carbocycles. The maximum atomic E-state index is 12.4. The second-order valence-corrected chi connectivity index (χ2v) is 6.96. The smallest absolute Gasteiger partial charge is 0.251 e. The summed E-state index contributed by atoms with van der Waals surface area (Å²) in [5, 5.41) is 3.12. The molecule has 3 rings (SSSR count). The summed E-state index contributed by atoms with van der Waals surface area (Å²) in [4.78, 5) is 13.9. The minimum atomic E-state index is -0.00275. The number of quaternary nitrogens is 1. The van der Waals surface area contributed by atoms with E-state index < -0.39 is 0 Å². The van der Waals surface area contributed by atoms with E-state index in [-0.39, 0.29) is 5.91 Å². The van der Waals surface area contributed by atoms with E-state index in [1.54, 1.807) is 4.90 Å². The number of likely N-dealkylation sites (tertiary alicyclic amines) is 1. The first-order valence-corrected chi connectivity index (χ1v) is 8.96. The van der Waals surface area contributed by atoms with Crippen molar-refractivity contribution in [1.82, 2.24) is 5.32 Å². The number of nitrogens with one attached hydrogen (secondary N) is 2. The molecule has 120 valence electrons. The summed E-state index contributed by atoms with van der Waals surface area (Å²) in [7, 11) is 0. The molecule has 3 nitrogen and oxygen atoms in total. The quantitative estimate of drug-likeness (QED) is 0.829. The summed E-state index contributed by atoms with van der Waals surface area (Å²) in [5.41, 5.74) is 2.01. The highest BCUT2D eigenvalue weighted by Crippen LogP contribution is 2.12. The average Bonchev–Trinajstić information content (AvgIpc) is 3.11. The van der Waals surface area contributed by atoms with E-state index in [2.05, 4.69) is 45.5 Å². The van der Waals surface area contributed by atoms with Crippen LogP contribution in [0.5, 0.6) is 0 Å². The highest BCUT2D eigenvalue weighted by atomic mass is 79.9. The molecule has 23 heavy (non-hydrogen) atoms. The number of carbonyl (C=O) groups is 1. The lowest BCUT2D eigenvalue weighted by Gasteiger charge is -2.25. The predicted molar refractivity (Wildman–Crippen MR) is 95.6 cm³/mol. The summed E-state index contributed by atoms with van der Waals surface area (Å²) in [6.45, 7) is 3.05. The molecule has 0 saturated carbocycles. The summed E-state index contributed by atoms with van der Waals surface area (Å²) < 4.78 is 0.984. The van der Waals surface area contributed by atoms with Crippen LogP contribution in [-0.4, -0.2) is 25.5 Å². The van der Waals surface area contributed by atoms with Crippen molar-refractivity contribution in [3.05, 3.63) is 70.2 Å². The Morgan fingerprint density at radius 3 is 2.35 bits per heavy atom. The Hall–Kier alpha value is -1.65. The fourth-order valence-corrected chi connectivity index (χ4v) is 3.52. The van der Waals surface area contributed by atoms with Crippen molar-refractivity contribution in [2.75, 3.05) is 19.6 Å². The van der Waals surface area contributed by atoms with E-state index in [0.717, 1.165) is 4.47 Å². The maximum Gasteiger partial charge on any atom is 0.251 e. The van der Waals surface area contributed by atoms with Gasteiger partial charge in [0.2, 0.25) is 0 Å². The lowest BCUT2D eigenvalue weighted by Crippen LogP contribution is -3.11. The summed E-state index contributed by atoms with van der Waals surface area (Å²) in [6, 6.07) is 18.4. The highest BCUT2D eigenvalue weighted by Gasteiger charge is 2.27. The molecular weight excluding hydrogens is 352 g/mol. The van der Waals surface area contributed by atoms with Crippen molar-refractivity contribution in [2.24, 2.45) is 0 Å². The van der Waals surface area contributed by atoms with Gasteiger partial charge in [-0.05, 0) is 24.3 Å². The Balaban J connectivity index is 1.69. The molecule has 4 heteroatoms. The number of carbonyl (C=O) groups excluding carboxylic acids is 1. The molecular formula is C19H22BrN2O+. The summed E-state index contributed by atoms with van der Waals surface area (Å²) >= 11 is 3.40. The van der Waals surface area contributed by atoms with Crippen molar-refractivity contribution in [1.29, 1.82) is 0 Å². The van der Waals surface area contributed by atoms with Gasteiger partial charge < -0.3 is 10.2 Å². The van der Waals surface area contributed by atoms with Crippen LogP contribution in [0.1, 0.15) is 34.8 Å². The van der Waals surface area contributed by atoms with Gasteiger partial charge in [0.15, 0.2) is 0 Å². The van der Waals surface area contributed by atoms with Crippen LogP contribution in [0.3, 0.4) is 0 Å². The third-order valence-electron chi connectivity index (χ3n) is 4.51. The molecule has 2 N–H and O–H groups in total. The Kier molecular flexibility index (Phi) is 5.47. The Bertz CT molecular complexity index is 636. The van der Waals surface area contributed by atoms with Crippen molar-refractivity contribution in [3.63, 3.8) is 0 Å². The maximum absolute atomic E-state index is 12.4. The standard InChI is InChI=1S/C19H21BrN2O/c20-17-10-8-16(9-11-17)19(23)21-14-18(22-12-4-5-13-22)15-6-2-1-3-7-15/h1-3,6-11,18H,4-5,12-14H2,(H,21,23)/p+1/t18-/m1/s1.